The van der Waals surface area contributed by atoms with Crippen LogP contribution in [0.3, 0.4) is 0 Å². The standard InChI is InChI=1S/C11H9BrOS2/c12-11-5-4-10(15-11)7-14-9-3-1-2-8(13)6-9/h1-6,13H,7H2. The van der Waals surface area contributed by atoms with Gasteiger partial charge in [0.05, 0.1) is 3.79 Å². The van der Waals surface area contributed by atoms with E-state index in [1.165, 1.54) is 4.88 Å². The van der Waals surface area contributed by atoms with Gasteiger partial charge < -0.3 is 5.11 Å². The van der Waals surface area contributed by atoms with E-state index >= 15 is 0 Å². The largest absolute Gasteiger partial charge is 0.508 e. The van der Waals surface area contributed by atoms with Crippen molar-refractivity contribution >= 4 is 39.0 Å². The zero-order valence-corrected chi connectivity index (χ0v) is 11.0. The van der Waals surface area contributed by atoms with Crippen molar-refractivity contribution in [3.63, 3.8) is 0 Å². The molecule has 0 saturated carbocycles. The third-order valence-electron chi connectivity index (χ3n) is 1.83. The van der Waals surface area contributed by atoms with Gasteiger partial charge in [0.25, 0.3) is 0 Å². The number of thioether (sulfide) groups is 1. The molecule has 1 nitrogen and oxygen atoms in total. The van der Waals surface area contributed by atoms with Crippen molar-refractivity contribution in [3.05, 3.63) is 45.1 Å². The van der Waals surface area contributed by atoms with Gasteiger partial charge in [0.15, 0.2) is 0 Å². The summed E-state index contributed by atoms with van der Waals surface area (Å²) in [6, 6.07) is 11.5. The summed E-state index contributed by atoms with van der Waals surface area (Å²) in [6.07, 6.45) is 0. The molecule has 1 heterocycles. The van der Waals surface area contributed by atoms with E-state index < -0.39 is 0 Å². The molecule has 2 aromatic rings. The molecule has 0 atom stereocenters. The fraction of sp³-hybridized carbons (Fsp3) is 0.0909. The molecule has 1 aromatic carbocycles. The summed E-state index contributed by atoms with van der Waals surface area (Å²) in [5.74, 6) is 1.27. The average molecular weight is 301 g/mol. The third-order valence-corrected chi connectivity index (χ3v) is 4.68. The van der Waals surface area contributed by atoms with Gasteiger partial charge >= 0.3 is 0 Å². The Balaban J connectivity index is 1.99. The van der Waals surface area contributed by atoms with Crippen molar-refractivity contribution < 1.29 is 5.11 Å². The predicted molar refractivity (Wildman–Crippen MR) is 69.7 cm³/mol. The molecule has 0 amide bonds. The Morgan fingerprint density at radius 1 is 1.27 bits per heavy atom. The van der Waals surface area contributed by atoms with E-state index in [-0.39, 0.29) is 0 Å². The van der Waals surface area contributed by atoms with Gasteiger partial charge in [0.1, 0.15) is 5.75 Å². The highest BCUT2D eigenvalue weighted by Gasteiger charge is 2.00. The first-order valence-corrected chi connectivity index (χ1v) is 6.99. The van der Waals surface area contributed by atoms with E-state index in [4.69, 9.17) is 0 Å². The SMILES string of the molecule is Oc1cccc(SCc2ccc(Br)s2)c1. The second-order valence-electron chi connectivity index (χ2n) is 2.99. The molecule has 0 saturated heterocycles. The lowest BCUT2D eigenvalue weighted by molar-refractivity contribution is 0.474. The van der Waals surface area contributed by atoms with Crippen LogP contribution in [0.5, 0.6) is 5.75 Å². The van der Waals surface area contributed by atoms with Crippen molar-refractivity contribution in [1.29, 1.82) is 0 Å². The highest BCUT2D eigenvalue weighted by Crippen LogP contribution is 2.30. The Morgan fingerprint density at radius 2 is 2.13 bits per heavy atom. The molecule has 0 bridgehead atoms. The van der Waals surface area contributed by atoms with Crippen molar-refractivity contribution in [2.75, 3.05) is 0 Å². The monoisotopic (exact) mass is 300 g/mol. The summed E-state index contributed by atoms with van der Waals surface area (Å²) in [6.45, 7) is 0. The maximum atomic E-state index is 9.30. The first-order chi connectivity index (χ1) is 7.24. The van der Waals surface area contributed by atoms with Gasteiger partial charge in [-0.2, -0.15) is 0 Å². The van der Waals surface area contributed by atoms with Gasteiger partial charge in [-0.3, -0.25) is 0 Å². The summed E-state index contributed by atoms with van der Waals surface area (Å²) in [7, 11) is 0. The zero-order chi connectivity index (χ0) is 10.7. The van der Waals surface area contributed by atoms with Crippen LogP contribution in [-0.4, -0.2) is 5.11 Å². The number of phenols is 1. The first-order valence-electron chi connectivity index (χ1n) is 4.40. The van der Waals surface area contributed by atoms with E-state index in [1.807, 2.05) is 12.1 Å². The van der Waals surface area contributed by atoms with Crippen LogP contribution in [0.2, 0.25) is 0 Å². The molecule has 0 aliphatic carbocycles. The van der Waals surface area contributed by atoms with E-state index in [0.29, 0.717) is 5.75 Å². The van der Waals surface area contributed by atoms with Gasteiger partial charge in [0, 0.05) is 15.5 Å². The second-order valence-corrected chi connectivity index (χ2v) is 6.59. The summed E-state index contributed by atoms with van der Waals surface area (Å²) >= 11 is 6.91. The van der Waals surface area contributed by atoms with E-state index in [0.717, 1.165) is 14.4 Å². The number of halogens is 1. The molecule has 0 radical (unpaired) electrons. The van der Waals surface area contributed by atoms with Gasteiger partial charge in [-0.05, 0) is 46.3 Å². The lowest BCUT2D eigenvalue weighted by atomic mass is 10.3. The lowest BCUT2D eigenvalue weighted by Gasteiger charge is -1.99. The van der Waals surface area contributed by atoms with E-state index in [2.05, 4.69) is 28.1 Å². The summed E-state index contributed by atoms with van der Waals surface area (Å²) < 4.78 is 1.16. The quantitative estimate of drug-likeness (QED) is 0.842. The molecule has 4 heteroatoms. The Kier molecular flexibility index (Phi) is 3.72. The molecule has 0 unspecified atom stereocenters. The smallest absolute Gasteiger partial charge is 0.116 e. The molecular formula is C11H9BrOS2. The summed E-state index contributed by atoms with van der Waals surface area (Å²) in [5.41, 5.74) is 0. The van der Waals surface area contributed by atoms with E-state index in [1.54, 1.807) is 35.2 Å². The average Bonchev–Trinajstić information content (AvgIpc) is 2.62. The van der Waals surface area contributed by atoms with Crippen molar-refractivity contribution in [1.82, 2.24) is 0 Å². The maximum absolute atomic E-state index is 9.30. The van der Waals surface area contributed by atoms with Crippen LogP contribution >= 0.6 is 39.0 Å². The van der Waals surface area contributed by atoms with Crippen molar-refractivity contribution in [2.24, 2.45) is 0 Å². The maximum Gasteiger partial charge on any atom is 0.116 e. The molecule has 2 rings (SSSR count). The number of hydrogen-bond donors (Lipinski definition) is 1. The summed E-state index contributed by atoms with van der Waals surface area (Å²) in [4.78, 5) is 2.43. The van der Waals surface area contributed by atoms with Gasteiger partial charge in [0.2, 0.25) is 0 Å². The molecule has 0 fully saturated rings. The lowest BCUT2D eigenvalue weighted by Crippen LogP contribution is -1.74. The first kappa shape index (κ1) is 11.0. The van der Waals surface area contributed by atoms with Crippen LogP contribution < -0.4 is 0 Å². The fourth-order valence-corrected chi connectivity index (χ4v) is 3.63. The minimum Gasteiger partial charge on any atom is -0.508 e. The van der Waals surface area contributed by atoms with Gasteiger partial charge in [-0.25, -0.2) is 0 Å². The highest BCUT2D eigenvalue weighted by atomic mass is 79.9. The van der Waals surface area contributed by atoms with Crippen LogP contribution in [0.15, 0.2) is 45.1 Å². The molecule has 0 spiro atoms. The Bertz CT molecular complexity index is 453. The van der Waals surface area contributed by atoms with Crippen LogP contribution in [0.1, 0.15) is 4.88 Å². The Labute approximate surface area is 105 Å². The topological polar surface area (TPSA) is 20.2 Å². The van der Waals surface area contributed by atoms with Crippen LogP contribution in [-0.2, 0) is 5.75 Å². The van der Waals surface area contributed by atoms with Crippen LogP contribution in [0, 0.1) is 0 Å². The molecular weight excluding hydrogens is 292 g/mol. The van der Waals surface area contributed by atoms with Gasteiger partial charge in [-0.1, -0.05) is 6.07 Å². The Morgan fingerprint density at radius 3 is 2.80 bits per heavy atom. The van der Waals surface area contributed by atoms with E-state index in [9.17, 15) is 5.11 Å². The molecule has 1 aromatic heterocycles. The third kappa shape index (κ3) is 3.26. The van der Waals surface area contributed by atoms with Crippen molar-refractivity contribution in [3.8, 4) is 5.75 Å². The minimum atomic E-state index is 0.326. The number of rotatable bonds is 3. The van der Waals surface area contributed by atoms with Crippen LogP contribution in [0.4, 0.5) is 0 Å². The summed E-state index contributed by atoms with van der Waals surface area (Å²) in [5, 5.41) is 9.30. The number of benzene rings is 1. The molecule has 15 heavy (non-hydrogen) atoms. The fourth-order valence-electron chi connectivity index (χ4n) is 1.16. The minimum absolute atomic E-state index is 0.326. The van der Waals surface area contributed by atoms with Crippen molar-refractivity contribution in [2.45, 2.75) is 10.6 Å². The van der Waals surface area contributed by atoms with Gasteiger partial charge in [-0.15, -0.1) is 23.1 Å². The number of phenolic OH excluding ortho intramolecular Hbond substituents is 1. The Hall–Kier alpha value is -0.450. The number of hydrogen-bond acceptors (Lipinski definition) is 3. The normalized spacial score (nSPS) is 10.5. The predicted octanol–water partition coefficient (Wildman–Crippen LogP) is 4.51. The number of thiophene rings is 1. The zero-order valence-electron chi connectivity index (χ0n) is 7.81. The second kappa shape index (κ2) is 5.05. The number of aromatic hydroxyl groups is 1. The van der Waals surface area contributed by atoms with Crippen LogP contribution in [0.25, 0.3) is 0 Å². The highest BCUT2D eigenvalue weighted by molar-refractivity contribution is 9.11. The molecule has 78 valence electrons. The molecule has 1 N–H and O–H groups in total. The molecule has 0 aliphatic heterocycles. The molecule has 0 aliphatic rings.